The van der Waals surface area contributed by atoms with Gasteiger partial charge in [0.15, 0.2) is 0 Å². The minimum Gasteiger partial charge on any atom is -0.372 e. The van der Waals surface area contributed by atoms with Gasteiger partial charge in [0.05, 0.1) is 13.2 Å². The Morgan fingerprint density at radius 1 is 1.22 bits per heavy atom. The molecule has 1 fully saturated rings. The predicted molar refractivity (Wildman–Crippen MR) is 73.6 cm³/mol. The third kappa shape index (κ3) is 2.08. The Hall–Kier alpha value is -0.860. The monoisotopic (exact) mass is 245 g/mol. The summed E-state index contributed by atoms with van der Waals surface area (Å²) in [5.74, 6) is 0. The van der Waals surface area contributed by atoms with E-state index in [1.807, 2.05) is 0 Å². The van der Waals surface area contributed by atoms with Crippen molar-refractivity contribution in [3.63, 3.8) is 0 Å². The van der Waals surface area contributed by atoms with Gasteiger partial charge in [-0.1, -0.05) is 32.9 Å². The van der Waals surface area contributed by atoms with Crippen LogP contribution in [-0.4, -0.2) is 6.54 Å². The van der Waals surface area contributed by atoms with Crippen molar-refractivity contribution >= 4 is 0 Å². The second kappa shape index (κ2) is 4.36. The Morgan fingerprint density at radius 2 is 2.06 bits per heavy atom. The van der Waals surface area contributed by atoms with Crippen LogP contribution in [0.3, 0.4) is 0 Å². The quantitative estimate of drug-likeness (QED) is 0.818. The summed E-state index contributed by atoms with van der Waals surface area (Å²) in [6.07, 6.45) is 2.56. The smallest absolute Gasteiger partial charge is 0.0728 e. The Bertz CT molecular complexity index is 453. The van der Waals surface area contributed by atoms with Gasteiger partial charge < -0.3 is 10.1 Å². The van der Waals surface area contributed by atoms with E-state index in [9.17, 15) is 0 Å². The Morgan fingerprint density at radius 3 is 2.72 bits per heavy atom. The molecule has 0 bridgehead atoms. The van der Waals surface area contributed by atoms with Gasteiger partial charge in [0.2, 0.25) is 0 Å². The van der Waals surface area contributed by atoms with Crippen LogP contribution in [0.5, 0.6) is 0 Å². The van der Waals surface area contributed by atoms with Gasteiger partial charge in [-0.05, 0) is 47.1 Å². The molecule has 2 aliphatic heterocycles. The van der Waals surface area contributed by atoms with Gasteiger partial charge in [0.1, 0.15) is 0 Å². The van der Waals surface area contributed by atoms with Crippen LogP contribution in [-0.2, 0) is 23.4 Å². The molecule has 0 amide bonds. The number of hydrogen-bond acceptors (Lipinski definition) is 2. The third-order valence-electron chi connectivity index (χ3n) is 4.18. The van der Waals surface area contributed by atoms with E-state index in [4.69, 9.17) is 4.74 Å². The maximum atomic E-state index is 5.66. The Labute approximate surface area is 110 Å². The summed E-state index contributed by atoms with van der Waals surface area (Å²) in [5.41, 5.74) is 6.00. The molecule has 1 N–H and O–H groups in total. The zero-order valence-corrected chi connectivity index (χ0v) is 11.7. The molecule has 0 radical (unpaired) electrons. The van der Waals surface area contributed by atoms with Crippen LogP contribution >= 0.6 is 0 Å². The molecule has 1 aromatic rings. The first kappa shape index (κ1) is 12.2. The van der Waals surface area contributed by atoms with Crippen molar-refractivity contribution < 1.29 is 4.74 Å². The van der Waals surface area contributed by atoms with E-state index in [0.29, 0.717) is 6.04 Å². The van der Waals surface area contributed by atoms with Crippen LogP contribution in [0, 0.1) is 0 Å². The first-order valence-corrected chi connectivity index (χ1v) is 7.03. The molecule has 3 rings (SSSR count). The van der Waals surface area contributed by atoms with Gasteiger partial charge in [-0.3, -0.25) is 0 Å². The fourth-order valence-electron chi connectivity index (χ4n) is 3.02. The third-order valence-corrected chi connectivity index (χ3v) is 4.18. The van der Waals surface area contributed by atoms with Gasteiger partial charge in [0.25, 0.3) is 0 Å². The normalized spacial score (nSPS) is 23.4. The Balaban J connectivity index is 2.08. The molecule has 1 atom stereocenters. The average Bonchev–Trinajstić information content (AvgIpc) is 2.97. The summed E-state index contributed by atoms with van der Waals surface area (Å²) < 4.78 is 5.66. The minimum absolute atomic E-state index is 0.213. The summed E-state index contributed by atoms with van der Waals surface area (Å²) in [5, 5.41) is 3.63. The van der Waals surface area contributed by atoms with Gasteiger partial charge in [-0.25, -0.2) is 0 Å². The lowest BCUT2D eigenvalue weighted by Gasteiger charge is -2.24. The first-order chi connectivity index (χ1) is 8.55. The minimum atomic E-state index is 0.213. The highest BCUT2D eigenvalue weighted by atomic mass is 16.5. The van der Waals surface area contributed by atoms with Crippen molar-refractivity contribution in [2.24, 2.45) is 0 Å². The molecular weight excluding hydrogens is 222 g/mol. The number of hydrogen-bond donors (Lipinski definition) is 1. The van der Waals surface area contributed by atoms with Crippen LogP contribution in [0.2, 0.25) is 0 Å². The largest absolute Gasteiger partial charge is 0.372 e. The van der Waals surface area contributed by atoms with Crippen molar-refractivity contribution in [3.8, 4) is 0 Å². The van der Waals surface area contributed by atoms with Crippen molar-refractivity contribution in [3.05, 3.63) is 34.4 Å². The number of fused-ring (bicyclic) bond motifs is 1. The van der Waals surface area contributed by atoms with E-state index in [0.717, 1.165) is 19.8 Å². The van der Waals surface area contributed by atoms with Crippen LogP contribution < -0.4 is 5.32 Å². The molecule has 2 heteroatoms. The zero-order chi connectivity index (χ0) is 12.8. The van der Waals surface area contributed by atoms with Crippen LogP contribution in [0.25, 0.3) is 0 Å². The number of ether oxygens (including phenoxy) is 1. The van der Waals surface area contributed by atoms with E-state index in [2.05, 4.69) is 38.2 Å². The molecule has 2 aliphatic rings. The van der Waals surface area contributed by atoms with Crippen molar-refractivity contribution in [2.45, 2.75) is 58.3 Å². The lowest BCUT2D eigenvalue weighted by Crippen LogP contribution is -2.18. The highest BCUT2D eigenvalue weighted by molar-refractivity contribution is 5.44. The standard InChI is InChI=1S/C16H23NO/c1-16(2,3)12-7-11-9-18-10-14(11)13(8-12)15-5-4-6-17-15/h7-8,15,17H,4-6,9-10H2,1-3H3/t15-/m0/s1. The topological polar surface area (TPSA) is 21.3 Å². The molecule has 2 nitrogen and oxygen atoms in total. The molecule has 0 saturated carbocycles. The number of rotatable bonds is 1. The molecule has 0 aromatic heterocycles. The van der Waals surface area contributed by atoms with E-state index in [1.165, 1.54) is 35.1 Å². The van der Waals surface area contributed by atoms with E-state index >= 15 is 0 Å². The number of benzene rings is 1. The molecule has 2 heterocycles. The molecule has 1 saturated heterocycles. The van der Waals surface area contributed by atoms with Crippen molar-refractivity contribution in [1.29, 1.82) is 0 Å². The predicted octanol–water partition coefficient (Wildman–Crippen LogP) is 3.44. The van der Waals surface area contributed by atoms with Crippen LogP contribution in [0.4, 0.5) is 0 Å². The first-order valence-electron chi connectivity index (χ1n) is 7.03. The van der Waals surface area contributed by atoms with Crippen molar-refractivity contribution in [1.82, 2.24) is 5.32 Å². The van der Waals surface area contributed by atoms with E-state index in [1.54, 1.807) is 0 Å². The van der Waals surface area contributed by atoms with Gasteiger partial charge in [-0.15, -0.1) is 0 Å². The molecule has 0 unspecified atom stereocenters. The second-order valence-electron chi connectivity index (χ2n) is 6.59. The van der Waals surface area contributed by atoms with E-state index in [-0.39, 0.29) is 5.41 Å². The van der Waals surface area contributed by atoms with Crippen LogP contribution in [0.1, 0.15) is 61.9 Å². The zero-order valence-electron chi connectivity index (χ0n) is 11.7. The molecular formula is C16H23NO. The summed E-state index contributed by atoms with van der Waals surface area (Å²) in [6, 6.07) is 5.31. The lowest BCUT2D eigenvalue weighted by atomic mass is 9.82. The SMILES string of the molecule is CC(C)(C)c1cc2c(c([C@@H]3CCCN3)c1)COC2. The molecule has 98 valence electrons. The fraction of sp³-hybridized carbons (Fsp3) is 0.625. The fourth-order valence-corrected chi connectivity index (χ4v) is 3.02. The molecule has 0 aliphatic carbocycles. The summed E-state index contributed by atoms with van der Waals surface area (Å²) in [7, 11) is 0. The van der Waals surface area contributed by atoms with Crippen LogP contribution in [0.15, 0.2) is 12.1 Å². The summed E-state index contributed by atoms with van der Waals surface area (Å²) in [6.45, 7) is 9.61. The highest BCUT2D eigenvalue weighted by Crippen LogP contribution is 2.36. The molecule has 18 heavy (non-hydrogen) atoms. The van der Waals surface area contributed by atoms with Gasteiger partial charge >= 0.3 is 0 Å². The Kier molecular flexibility index (Phi) is 2.95. The summed E-state index contributed by atoms with van der Waals surface area (Å²) >= 11 is 0. The molecule has 1 aromatic carbocycles. The van der Waals surface area contributed by atoms with Gasteiger partial charge in [-0.2, -0.15) is 0 Å². The van der Waals surface area contributed by atoms with Crippen molar-refractivity contribution in [2.75, 3.05) is 6.54 Å². The lowest BCUT2D eigenvalue weighted by molar-refractivity contribution is 0.134. The maximum Gasteiger partial charge on any atom is 0.0728 e. The van der Waals surface area contributed by atoms with Gasteiger partial charge in [0, 0.05) is 6.04 Å². The second-order valence-corrected chi connectivity index (χ2v) is 6.59. The average molecular weight is 245 g/mol. The number of nitrogens with one attached hydrogen (secondary N) is 1. The molecule has 0 spiro atoms. The summed E-state index contributed by atoms with van der Waals surface area (Å²) in [4.78, 5) is 0. The maximum absolute atomic E-state index is 5.66. The highest BCUT2D eigenvalue weighted by Gasteiger charge is 2.26. The van der Waals surface area contributed by atoms with E-state index < -0.39 is 0 Å².